The average Bonchev–Trinajstić information content (AvgIpc) is 3.13. The number of likely N-dealkylation sites (tertiary alicyclic amines) is 1. The van der Waals surface area contributed by atoms with Crippen molar-refractivity contribution in [2.24, 2.45) is 0 Å². The molecule has 0 aromatic heterocycles. The Kier molecular flexibility index (Phi) is 8.16. The van der Waals surface area contributed by atoms with Gasteiger partial charge < -0.3 is 15.4 Å². The van der Waals surface area contributed by atoms with E-state index in [0.717, 1.165) is 17.7 Å². The molecule has 0 bridgehead atoms. The minimum absolute atomic E-state index is 0.0478. The van der Waals surface area contributed by atoms with Crippen molar-refractivity contribution in [3.8, 4) is 0 Å². The van der Waals surface area contributed by atoms with Gasteiger partial charge in [-0.1, -0.05) is 29.8 Å². The van der Waals surface area contributed by atoms with Crippen molar-refractivity contribution in [1.82, 2.24) is 15.5 Å². The van der Waals surface area contributed by atoms with Gasteiger partial charge in [0, 0.05) is 49.9 Å². The number of nitrogens with zero attached hydrogens (tertiary/aromatic N) is 1. The number of benzene rings is 2. The Bertz CT molecular complexity index is 868. The van der Waals surface area contributed by atoms with E-state index in [1.54, 1.807) is 7.11 Å². The van der Waals surface area contributed by atoms with Gasteiger partial charge in [0.2, 0.25) is 5.91 Å². The van der Waals surface area contributed by atoms with Crippen LogP contribution in [0.5, 0.6) is 0 Å². The highest BCUT2D eigenvalue weighted by atomic mass is 35.5. The molecular weight excluding hydrogens is 412 g/mol. The number of methoxy groups -OCH3 is 1. The summed E-state index contributed by atoms with van der Waals surface area (Å²) in [6.45, 7) is 2.16. The van der Waals surface area contributed by atoms with Crippen LogP contribution in [0.25, 0.3) is 0 Å². The summed E-state index contributed by atoms with van der Waals surface area (Å²) in [4.78, 5) is 14.8. The van der Waals surface area contributed by atoms with Gasteiger partial charge in [-0.05, 0) is 36.2 Å². The third-order valence-electron chi connectivity index (χ3n) is 5.23. The second-order valence-corrected chi connectivity index (χ2v) is 7.78. The molecule has 0 aliphatic carbocycles. The first-order valence-electron chi connectivity index (χ1n) is 9.89. The number of amides is 1. The van der Waals surface area contributed by atoms with Crippen LogP contribution in [0.2, 0.25) is 5.02 Å². The molecule has 3 rings (SSSR count). The number of hydrogen-bond acceptors (Lipinski definition) is 4. The van der Waals surface area contributed by atoms with Crippen LogP contribution in [0.4, 0.5) is 8.78 Å². The summed E-state index contributed by atoms with van der Waals surface area (Å²) in [5, 5.41) is 6.80. The molecule has 1 aliphatic heterocycles. The molecule has 2 atom stereocenters. The number of halogens is 3. The lowest BCUT2D eigenvalue weighted by molar-refractivity contribution is -0.125. The largest absolute Gasteiger partial charge is 0.383 e. The van der Waals surface area contributed by atoms with E-state index in [4.69, 9.17) is 16.3 Å². The van der Waals surface area contributed by atoms with Gasteiger partial charge in [0.25, 0.3) is 0 Å². The molecule has 5 nitrogen and oxygen atoms in total. The summed E-state index contributed by atoms with van der Waals surface area (Å²) in [7, 11) is 1.58. The minimum atomic E-state index is -0.477. The van der Waals surface area contributed by atoms with Crippen molar-refractivity contribution in [2.75, 3.05) is 26.8 Å². The average molecular weight is 438 g/mol. The van der Waals surface area contributed by atoms with Crippen LogP contribution in [-0.2, 0) is 22.6 Å². The molecule has 0 radical (unpaired) electrons. The molecule has 1 fully saturated rings. The van der Waals surface area contributed by atoms with Gasteiger partial charge in [-0.25, -0.2) is 8.78 Å². The third kappa shape index (κ3) is 5.98. The minimum Gasteiger partial charge on any atom is -0.383 e. The second-order valence-electron chi connectivity index (χ2n) is 7.37. The van der Waals surface area contributed by atoms with Crippen LogP contribution in [0.3, 0.4) is 0 Å². The van der Waals surface area contributed by atoms with Crippen molar-refractivity contribution >= 4 is 17.5 Å². The van der Waals surface area contributed by atoms with Gasteiger partial charge in [-0.2, -0.15) is 0 Å². The summed E-state index contributed by atoms with van der Waals surface area (Å²) < 4.78 is 32.3. The monoisotopic (exact) mass is 437 g/mol. The molecule has 0 saturated carbocycles. The zero-order chi connectivity index (χ0) is 21.5. The third-order valence-corrected chi connectivity index (χ3v) is 5.60. The van der Waals surface area contributed by atoms with Crippen molar-refractivity contribution < 1.29 is 18.3 Å². The van der Waals surface area contributed by atoms with Gasteiger partial charge in [0.1, 0.15) is 11.6 Å². The van der Waals surface area contributed by atoms with Crippen LogP contribution in [0, 0.1) is 11.6 Å². The highest BCUT2D eigenvalue weighted by Gasteiger charge is 2.36. The predicted molar refractivity (Wildman–Crippen MR) is 112 cm³/mol. The lowest BCUT2D eigenvalue weighted by Crippen LogP contribution is -2.43. The maximum absolute atomic E-state index is 13.9. The van der Waals surface area contributed by atoms with Crippen molar-refractivity contribution in [3.05, 3.63) is 70.2 Å². The fraction of sp³-hybridized carbons (Fsp3) is 0.409. The number of carbonyl (C=O) groups excluding carboxylic acids is 1. The van der Waals surface area contributed by atoms with Crippen molar-refractivity contribution in [2.45, 2.75) is 31.6 Å². The van der Waals surface area contributed by atoms with Gasteiger partial charge in [0.15, 0.2) is 0 Å². The Morgan fingerprint density at radius 3 is 2.80 bits per heavy atom. The molecule has 2 N–H and O–H groups in total. The van der Waals surface area contributed by atoms with E-state index >= 15 is 0 Å². The smallest absolute Gasteiger partial charge is 0.237 e. The van der Waals surface area contributed by atoms with Crippen LogP contribution in [-0.4, -0.2) is 49.7 Å². The van der Waals surface area contributed by atoms with Crippen LogP contribution >= 0.6 is 11.6 Å². The van der Waals surface area contributed by atoms with E-state index in [9.17, 15) is 13.6 Å². The molecule has 2 aromatic rings. The molecule has 2 aromatic carbocycles. The van der Waals surface area contributed by atoms with E-state index < -0.39 is 11.6 Å². The Balaban J connectivity index is 1.68. The van der Waals surface area contributed by atoms with E-state index in [1.165, 1.54) is 6.07 Å². The SMILES string of the molecule is COCCNC(=O)[C@@H]1C[C@H](NCc2cc(F)ccc2F)CN1Cc1ccccc1Cl. The maximum atomic E-state index is 13.9. The molecule has 1 amide bonds. The Labute approximate surface area is 180 Å². The molecular formula is C22H26ClF2N3O2. The zero-order valence-corrected chi connectivity index (χ0v) is 17.6. The summed E-state index contributed by atoms with van der Waals surface area (Å²) in [6, 6.07) is 10.5. The standard InChI is InChI=1S/C22H26ClF2N3O2/c1-30-9-8-26-22(29)21-11-18(27-12-16-10-17(24)6-7-20(16)25)14-28(21)13-15-4-2-3-5-19(15)23/h2-7,10,18,21,27H,8-9,11-14H2,1H3,(H,26,29)/t18-,21-/m0/s1. The summed E-state index contributed by atoms with van der Waals surface area (Å²) in [6.07, 6.45) is 0.556. The second kappa shape index (κ2) is 10.8. The van der Waals surface area contributed by atoms with Crippen LogP contribution < -0.4 is 10.6 Å². The fourth-order valence-electron chi connectivity index (χ4n) is 3.67. The van der Waals surface area contributed by atoms with Crippen molar-refractivity contribution in [3.63, 3.8) is 0 Å². The summed E-state index contributed by atoms with van der Waals surface area (Å²) in [5.41, 5.74) is 1.20. The maximum Gasteiger partial charge on any atom is 0.237 e. The van der Waals surface area contributed by atoms with Crippen LogP contribution in [0.15, 0.2) is 42.5 Å². The van der Waals surface area contributed by atoms with Gasteiger partial charge in [0.05, 0.1) is 12.6 Å². The van der Waals surface area contributed by atoms with Gasteiger partial charge in [-0.15, -0.1) is 0 Å². The van der Waals surface area contributed by atoms with Gasteiger partial charge >= 0.3 is 0 Å². The molecule has 1 saturated heterocycles. The number of rotatable bonds is 9. The number of hydrogen-bond donors (Lipinski definition) is 2. The Morgan fingerprint density at radius 2 is 2.03 bits per heavy atom. The predicted octanol–water partition coefficient (Wildman–Crippen LogP) is 3.11. The quantitative estimate of drug-likeness (QED) is 0.592. The first kappa shape index (κ1) is 22.6. The highest BCUT2D eigenvalue weighted by molar-refractivity contribution is 6.31. The first-order valence-corrected chi connectivity index (χ1v) is 10.3. The molecule has 0 unspecified atom stereocenters. The molecule has 0 spiro atoms. The highest BCUT2D eigenvalue weighted by Crippen LogP contribution is 2.25. The Hall–Kier alpha value is -2.06. The van der Waals surface area contributed by atoms with E-state index in [-0.39, 0.29) is 30.1 Å². The first-order chi connectivity index (χ1) is 14.5. The summed E-state index contributed by atoms with van der Waals surface area (Å²) in [5.74, 6) is -1.01. The lowest BCUT2D eigenvalue weighted by Gasteiger charge is -2.24. The molecule has 30 heavy (non-hydrogen) atoms. The van der Waals surface area contributed by atoms with E-state index in [0.29, 0.717) is 37.7 Å². The molecule has 162 valence electrons. The summed E-state index contributed by atoms with van der Waals surface area (Å²) >= 11 is 6.31. The van der Waals surface area contributed by atoms with Crippen molar-refractivity contribution in [1.29, 1.82) is 0 Å². The van der Waals surface area contributed by atoms with E-state index in [2.05, 4.69) is 15.5 Å². The normalized spacial score (nSPS) is 19.2. The van der Waals surface area contributed by atoms with Crippen LogP contribution in [0.1, 0.15) is 17.5 Å². The fourth-order valence-corrected chi connectivity index (χ4v) is 3.87. The van der Waals surface area contributed by atoms with Gasteiger partial charge in [-0.3, -0.25) is 9.69 Å². The zero-order valence-electron chi connectivity index (χ0n) is 16.8. The molecule has 1 heterocycles. The number of ether oxygens (including phenoxy) is 1. The number of nitrogens with one attached hydrogen (secondary N) is 2. The molecule has 8 heteroatoms. The lowest BCUT2D eigenvalue weighted by atomic mass is 10.1. The van der Waals surface area contributed by atoms with E-state index in [1.807, 2.05) is 24.3 Å². The topological polar surface area (TPSA) is 53.6 Å². The number of carbonyl (C=O) groups is 1. The molecule has 1 aliphatic rings. The Morgan fingerprint density at radius 1 is 1.23 bits per heavy atom.